The molecule has 0 amide bonds. The molecule has 1 aromatic rings. The van der Waals surface area contributed by atoms with Gasteiger partial charge < -0.3 is 14.9 Å². The van der Waals surface area contributed by atoms with Crippen LogP contribution in [0.15, 0.2) is 24.3 Å². The molecule has 1 unspecified atom stereocenters. The van der Waals surface area contributed by atoms with Gasteiger partial charge in [0.2, 0.25) is 0 Å². The first kappa shape index (κ1) is 14.9. The van der Waals surface area contributed by atoms with E-state index in [4.69, 9.17) is 0 Å². The Hall–Kier alpha value is -0.970. The lowest BCUT2D eigenvalue weighted by Gasteiger charge is -2.37. The highest BCUT2D eigenvalue weighted by Gasteiger charge is 2.27. The molecule has 1 N–H and O–H groups in total. The second-order valence-electron chi connectivity index (χ2n) is 6.31. The molecule has 2 fully saturated rings. The standard InChI is InChI=1S/C17H25FN2O/c18-16-6-2-1-5-15(16)17(21)13-19-11-7-14(8-12-19)20-9-3-4-10-20/h1-2,5-6,14,17,21H,3-4,7-13H2. The molecule has 0 aliphatic carbocycles. The highest BCUT2D eigenvalue weighted by atomic mass is 19.1. The summed E-state index contributed by atoms with van der Waals surface area (Å²) in [5, 5.41) is 10.2. The van der Waals surface area contributed by atoms with E-state index in [1.54, 1.807) is 18.2 Å². The molecule has 3 rings (SSSR count). The van der Waals surface area contributed by atoms with E-state index in [9.17, 15) is 9.50 Å². The fourth-order valence-electron chi connectivity index (χ4n) is 3.66. The highest BCUT2D eigenvalue weighted by Crippen LogP contribution is 2.23. The van der Waals surface area contributed by atoms with Crippen molar-refractivity contribution in [2.24, 2.45) is 0 Å². The van der Waals surface area contributed by atoms with Crippen molar-refractivity contribution >= 4 is 0 Å². The van der Waals surface area contributed by atoms with Gasteiger partial charge in [-0.3, -0.25) is 0 Å². The zero-order valence-electron chi connectivity index (χ0n) is 12.5. The van der Waals surface area contributed by atoms with Crippen molar-refractivity contribution in [1.29, 1.82) is 0 Å². The molecule has 0 bridgehead atoms. The molecule has 2 saturated heterocycles. The van der Waals surface area contributed by atoms with E-state index in [1.807, 2.05) is 0 Å². The van der Waals surface area contributed by atoms with Gasteiger partial charge in [0.05, 0.1) is 6.10 Å². The predicted molar refractivity (Wildman–Crippen MR) is 81.6 cm³/mol. The Balaban J connectivity index is 1.50. The molecule has 2 aliphatic rings. The number of aliphatic hydroxyl groups excluding tert-OH is 1. The molecule has 2 aliphatic heterocycles. The number of likely N-dealkylation sites (tertiary alicyclic amines) is 2. The molecule has 0 aromatic heterocycles. The van der Waals surface area contributed by atoms with Crippen LogP contribution in [-0.4, -0.2) is 53.7 Å². The zero-order valence-corrected chi connectivity index (χ0v) is 12.5. The summed E-state index contributed by atoms with van der Waals surface area (Å²) in [6, 6.07) is 7.25. The molecule has 0 spiro atoms. The first-order valence-electron chi connectivity index (χ1n) is 8.13. The lowest BCUT2D eigenvalue weighted by Crippen LogP contribution is -2.44. The summed E-state index contributed by atoms with van der Waals surface area (Å²) in [4.78, 5) is 4.88. The largest absolute Gasteiger partial charge is 0.387 e. The Bertz CT molecular complexity index is 454. The average Bonchev–Trinajstić information content (AvgIpc) is 3.02. The molecule has 1 atom stereocenters. The minimum atomic E-state index is -0.727. The number of piperidine rings is 1. The van der Waals surface area contributed by atoms with Crippen molar-refractivity contribution in [2.75, 3.05) is 32.7 Å². The van der Waals surface area contributed by atoms with Gasteiger partial charge >= 0.3 is 0 Å². The van der Waals surface area contributed by atoms with Gasteiger partial charge in [0, 0.05) is 18.2 Å². The van der Waals surface area contributed by atoms with Crippen molar-refractivity contribution in [1.82, 2.24) is 9.80 Å². The summed E-state index contributed by atoms with van der Waals surface area (Å²) in [5.41, 5.74) is 0.416. The minimum Gasteiger partial charge on any atom is -0.387 e. The maximum Gasteiger partial charge on any atom is 0.129 e. The third kappa shape index (κ3) is 3.62. The second kappa shape index (κ2) is 6.86. The van der Waals surface area contributed by atoms with Gasteiger partial charge in [-0.15, -0.1) is 0 Å². The van der Waals surface area contributed by atoms with E-state index in [2.05, 4.69) is 9.80 Å². The van der Waals surface area contributed by atoms with Crippen LogP contribution in [-0.2, 0) is 0 Å². The molecule has 0 saturated carbocycles. The molecule has 3 nitrogen and oxygen atoms in total. The SMILES string of the molecule is OC(CN1CCC(N2CCCC2)CC1)c1ccccc1F. The fraction of sp³-hybridized carbons (Fsp3) is 0.647. The molecule has 0 radical (unpaired) electrons. The van der Waals surface area contributed by atoms with Crippen LogP contribution in [0, 0.1) is 5.82 Å². The normalized spacial score (nSPS) is 23.5. The van der Waals surface area contributed by atoms with Crippen molar-refractivity contribution in [3.8, 4) is 0 Å². The number of benzene rings is 1. The van der Waals surface area contributed by atoms with E-state index >= 15 is 0 Å². The van der Waals surface area contributed by atoms with Crippen LogP contribution in [0.5, 0.6) is 0 Å². The number of hydrogen-bond acceptors (Lipinski definition) is 3. The van der Waals surface area contributed by atoms with Gasteiger partial charge in [-0.2, -0.15) is 0 Å². The highest BCUT2D eigenvalue weighted by molar-refractivity contribution is 5.20. The van der Waals surface area contributed by atoms with Crippen molar-refractivity contribution in [3.05, 3.63) is 35.6 Å². The van der Waals surface area contributed by atoms with Crippen LogP contribution >= 0.6 is 0 Å². The van der Waals surface area contributed by atoms with Gasteiger partial charge in [0.1, 0.15) is 5.82 Å². The van der Waals surface area contributed by atoms with E-state index in [1.165, 1.54) is 44.8 Å². The van der Waals surface area contributed by atoms with Crippen LogP contribution in [0.25, 0.3) is 0 Å². The quantitative estimate of drug-likeness (QED) is 0.923. The smallest absolute Gasteiger partial charge is 0.129 e. The Morgan fingerprint density at radius 3 is 2.43 bits per heavy atom. The fourth-order valence-corrected chi connectivity index (χ4v) is 3.66. The van der Waals surface area contributed by atoms with Crippen LogP contribution in [0.2, 0.25) is 0 Å². The van der Waals surface area contributed by atoms with Crippen molar-refractivity contribution < 1.29 is 9.50 Å². The lowest BCUT2D eigenvalue weighted by molar-refractivity contribution is 0.0723. The number of hydrogen-bond donors (Lipinski definition) is 1. The molecule has 1 aromatic carbocycles. The van der Waals surface area contributed by atoms with Gasteiger partial charge in [-0.1, -0.05) is 18.2 Å². The van der Waals surface area contributed by atoms with Crippen LogP contribution in [0.4, 0.5) is 4.39 Å². The Morgan fingerprint density at radius 1 is 1.10 bits per heavy atom. The third-order valence-corrected chi connectivity index (χ3v) is 4.91. The zero-order chi connectivity index (χ0) is 14.7. The first-order valence-corrected chi connectivity index (χ1v) is 8.13. The predicted octanol–water partition coefficient (Wildman–Crippen LogP) is 2.42. The lowest BCUT2D eigenvalue weighted by atomic mass is 10.0. The Labute approximate surface area is 126 Å². The summed E-state index contributed by atoms with van der Waals surface area (Å²) in [6.45, 7) is 5.05. The summed E-state index contributed by atoms with van der Waals surface area (Å²) >= 11 is 0. The van der Waals surface area contributed by atoms with Crippen molar-refractivity contribution in [3.63, 3.8) is 0 Å². The number of aliphatic hydroxyl groups is 1. The van der Waals surface area contributed by atoms with Crippen LogP contribution in [0.3, 0.4) is 0 Å². The number of rotatable bonds is 4. The van der Waals surface area contributed by atoms with Gasteiger partial charge in [-0.25, -0.2) is 4.39 Å². The van der Waals surface area contributed by atoms with E-state index < -0.39 is 6.10 Å². The van der Waals surface area contributed by atoms with E-state index in [-0.39, 0.29) is 5.82 Å². The molecule has 21 heavy (non-hydrogen) atoms. The first-order chi connectivity index (χ1) is 10.2. The van der Waals surface area contributed by atoms with E-state index in [0.717, 1.165) is 13.1 Å². The summed E-state index contributed by atoms with van der Waals surface area (Å²) in [6.07, 6.45) is 4.29. The summed E-state index contributed by atoms with van der Waals surface area (Å²) in [5.74, 6) is -0.308. The monoisotopic (exact) mass is 292 g/mol. The Kier molecular flexibility index (Phi) is 4.88. The maximum atomic E-state index is 13.7. The number of halogens is 1. The molecule has 116 valence electrons. The van der Waals surface area contributed by atoms with Gasteiger partial charge in [0.25, 0.3) is 0 Å². The Morgan fingerprint density at radius 2 is 1.76 bits per heavy atom. The molecular formula is C17H25FN2O. The average molecular weight is 292 g/mol. The third-order valence-electron chi connectivity index (χ3n) is 4.91. The van der Waals surface area contributed by atoms with Crippen LogP contribution in [0.1, 0.15) is 37.4 Å². The molecular weight excluding hydrogens is 267 g/mol. The maximum absolute atomic E-state index is 13.7. The van der Waals surface area contributed by atoms with Gasteiger partial charge in [0.15, 0.2) is 0 Å². The van der Waals surface area contributed by atoms with Crippen LogP contribution < -0.4 is 0 Å². The second-order valence-corrected chi connectivity index (χ2v) is 6.31. The molecule has 4 heteroatoms. The number of β-amino-alcohol motifs (C(OH)–C–C–N with tert-alkyl or cyclic N) is 1. The molecule has 2 heterocycles. The summed E-state index contributed by atoms with van der Waals surface area (Å²) in [7, 11) is 0. The minimum absolute atomic E-state index is 0.308. The summed E-state index contributed by atoms with van der Waals surface area (Å²) < 4.78 is 13.7. The van der Waals surface area contributed by atoms with E-state index in [0.29, 0.717) is 18.2 Å². The topological polar surface area (TPSA) is 26.7 Å². The van der Waals surface area contributed by atoms with Gasteiger partial charge in [-0.05, 0) is 57.9 Å². The number of nitrogens with zero attached hydrogens (tertiary/aromatic N) is 2. The van der Waals surface area contributed by atoms with Crippen molar-refractivity contribution in [2.45, 2.75) is 37.8 Å².